The van der Waals surface area contributed by atoms with Gasteiger partial charge in [0.05, 0.1) is 0 Å². The van der Waals surface area contributed by atoms with Gasteiger partial charge in [0.1, 0.15) is 0 Å². The van der Waals surface area contributed by atoms with Crippen molar-refractivity contribution in [3.63, 3.8) is 0 Å². The number of nitrogens with one attached hydrogen (secondary N) is 1. The van der Waals surface area contributed by atoms with Crippen molar-refractivity contribution < 1.29 is 0 Å². The molecule has 0 aliphatic carbocycles. The van der Waals surface area contributed by atoms with Gasteiger partial charge in [0.15, 0.2) is 0 Å². The second-order valence-electron chi connectivity index (χ2n) is 6.12. The highest BCUT2D eigenvalue weighted by Crippen LogP contribution is 2.25. The minimum atomic E-state index is 0.696. The zero-order valence-electron chi connectivity index (χ0n) is 13.8. The fourth-order valence-electron chi connectivity index (χ4n) is 3.72. The summed E-state index contributed by atoms with van der Waals surface area (Å²) in [6.45, 7) is 11.8. The van der Waals surface area contributed by atoms with Gasteiger partial charge < -0.3 is 5.32 Å². The summed E-state index contributed by atoms with van der Waals surface area (Å²) in [5, 5.41) is 3.82. The van der Waals surface area contributed by atoms with Crippen LogP contribution < -0.4 is 5.32 Å². The predicted molar refractivity (Wildman–Crippen MR) is 85.7 cm³/mol. The van der Waals surface area contributed by atoms with E-state index in [0.717, 1.165) is 12.1 Å². The van der Waals surface area contributed by atoms with Crippen LogP contribution in [0.2, 0.25) is 0 Å². The molecule has 1 aliphatic heterocycles. The van der Waals surface area contributed by atoms with E-state index < -0.39 is 0 Å². The lowest BCUT2D eigenvalue weighted by atomic mass is 9.92. The van der Waals surface area contributed by atoms with Gasteiger partial charge in [-0.3, -0.25) is 4.90 Å². The third-order valence-electron chi connectivity index (χ3n) is 4.71. The number of likely N-dealkylation sites (tertiary alicyclic amines) is 1. The molecule has 0 saturated carbocycles. The number of piperidine rings is 1. The molecule has 0 amide bonds. The molecule has 0 radical (unpaired) electrons. The standard InChI is InChI=1S/C17H36N2/c1-5-11-16(18-13-6-2)17(8-4)19-14-10-9-12-15(19)7-3/h15-18H,5-14H2,1-4H3. The number of rotatable bonds is 9. The highest BCUT2D eigenvalue weighted by atomic mass is 15.2. The van der Waals surface area contributed by atoms with Crippen molar-refractivity contribution in [2.75, 3.05) is 13.1 Å². The Kier molecular flexibility index (Phi) is 8.72. The lowest BCUT2D eigenvalue weighted by Gasteiger charge is -2.44. The van der Waals surface area contributed by atoms with Crippen molar-refractivity contribution in [1.29, 1.82) is 0 Å². The van der Waals surface area contributed by atoms with Crippen LogP contribution in [0.25, 0.3) is 0 Å². The summed E-state index contributed by atoms with van der Waals surface area (Å²) < 4.78 is 0. The monoisotopic (exact) mass is 268 g/mol. The highest BCUT2D eigenvalue weighted by Gasteiger charge is 2.31. The van der Waals surface area contributed by atoms with E-state index in [2.05, 4.69) is 37.9 Å². The molecule has 1 fully saturated rings. The van der Waals surface area contributed by atoms with Gasteiger partial charge in [0.2, 0.25) is 0 Å². The minimum absolute atomic E-state index is 0.696. The Morgan fingerprint density at radius 1 is 1.11 bits per heavy atom. The van der Waals surface area contributed by atoms with Crippen molar-refractivity contribution in [2.45, 2.75) is 97.2 Å². The summed E-state index contributed by atoms with van der Waals surface area (Å²) in [6, 6.07) is 2.28. The number of hydrogen-bond donors (Lipinski definition) is 1. The summed E-state index contributed by atoms with van der Waals surface area (Å²) in [4.78, 5) is 2.84. The molecule has 1 rings (SSSR count). The van der Waals surface area contributed by atoms with Crippen LogP contribution in [-0.2, 0) is 0 Å². The SMILES string of the molecule is CCCNC(CCC)C(CC)N1CCCCC1CC. The second kappa shape index (κ2) is 9.77. The van der Waals surface area contributed by atoms with E-state index in [1.807, 2.05) is 0 Å². The van der Waals surface area contributed by atoms with Crippen LogP contribution in [0.4, 0.5) is 0 Å². The minimum Gasteiger partial charge on any atom is -0.312 e. The van der Waals surface area contributed by atoms with Gasteiger partial charge in [-0.2, -0.15) is 0 Å². The quantitative estimate of drug-likeness (QED) is 0.674. The first kappa shape index (κ1) is 17.0. The molecule has 2 heteroatoms. The predicted octanol–water partition coefficient (Wildman–Crippen LogP) is 4.20. The van der Waals surface area contributed by atoms with Crippen LogP contribution in [0, 0.1) is 0 Å². The molecule has 1 aliphatic rings. The Morgan fingerprint density at radius 3 is 2.47 bits per heavy atom. The molecule has 0 spiro atoms. The van der Waals surface area contributed by atoms with Crippen molar-refractivity contribution in [3.8, 4) is 0 Å². The Balaban J connectivity index is 2.69. The molecule has 0 aromatic heterocycles. The maximum atomic E-state index is 3.82. The van der Waals surface area contributed by atoms with Crippen LogP contribution in [0.1, 0.15) is 79.1 Å². The number of nitrogens with zero attached hydrogens (tertiary/aromatic N) is 1. The molecule has 1 heterocycles. The summed E-state index contributed by atoms with van der Waals surface area (Å²) >= 11 is 0. The van der Waals surface area contributed by atoms with E-state index in [-0.39, 0.29) is 0 Å². The van der Waals surface area contributed by atoms with Gasteiger partial charge >= 0.3 is 0 Å². The third-order valence-corrected chi connectivity index (χ3v) is 4.71. The largest absolute Gasteiger partial charge is 0.312 e. The molecule has 3 unspecified atom stereocenters. The van der Waals surface area contributed by atoms with Crippen molar-refractivity contribution >= 4 is 0 Å². The topological polar surface area (TPSA) is 15.3 Å². The van der Waals surface area contributed by atoms with E-state index >= 15 is 0 Å². The molecule has 1 N–H and O–H groups in total. The molecule has 114 valence electrons. The van der Waals surface area contributed by atoms with E-state index in [0.29, 0.717) is 6.04 Å². The Morgan fingerprint density at radius 2 is 1.89 bits per heavy atom. The van der Waals surface area contributed by atoms with E-state index in [4.69, 9.17) is 0 Å². The van der Waals surface area contributed by atoms with Crippen LogP contribution in [0.3, 0.4) is 0 Å². The molecular formula is C17H36N2. The molecular weight excluding hydrogens is 232 g/mol. The first-order valence-electron chi connectivity index (χ1n) is 8.77. The average molecular weight is 268 g/mol. The van der Waals surface area contributed by atoms with Crippen LogP contribution in [0.15, 0.2) is 0 Å². The highest BCUT2D eigenvalue weighted by molar-refractivity contribution is 4.89. The van der Waals surface area contributed by atoms with Gasteiger partial charge in [-0.15, -0.1) is 0 Å². The fraction of sp³-hybridized carbons (Fsp3) is 1.00. The van der Waals surface area contributed by atoms with Gasteiger partial charge in [-0.25, -0.2) is 0 Å². The van der Waals surface area contributed by atoms with Crippen LogP contribution >= 0.6 is 0 Å². The summed E-state index contributed by atoms with van der Waals surface area (Å²) in [6.07, 6.45) is 10.7. The first-order chi connectivity index (χ1) is 9.28. The second-order valence-corrected chi connectivity index (χ2v) is 6.12. The Labute approximate surface area is 121 Å². The van der Waals surface area contributed by atoms with Crippen LogP contribution in [0.5, 0.6) is 0 Å². The summed E-state index contributed by atoms with van der Waals surface area (Å²) in [5.41, 5.74) is 0. The summed E-state index contributed by atoms with van der Waals surface area (Å²) in [5.74, 6) is 0. The maximum Gasteiger partial charge on any atom is 0.0249 e. The van der Waals surface area contributed by atoms with Gasteiger partial charge in [0, 0.05) is 18.1 Å². The fourth-order valence-corrected chi connectivity index (χ4v) is 3.72. The smallest absolute Gasteiger partial charge is 0.0249 e. The van der Waals surface area contributed by atoms with E-state index in [1.54, 1.807) is 0 Å². The first-order valence-corrected chi connectivity index (χ1v) is 8.77. The lowest BCUT2D eigenvalue weighted by molar-refractivity contribution is 0.0646. The molecule has 2 nitrogen and oxygen atoms in total. The third kappa shape index (κ3) is 5.07. The van der Waals surface area contributed by atoms with Crippen molar-refractivity contribution in [1.82, 2.24) is 10.2 Å². The van der Waals surface area contributed by atoms with Gasteiger partial charge in [0.25, 0.3) is 0 Å². The zero-order chi connectivity index (χ0) is 14.1. The van der Waals surface area contributed by atoms with Gasteiger partial charge in [-0.1, -0.05) is 40.5 Å². The Hall–Kier alpha value is -0.0800. The van der Waals surface area contributed by atoms with E-state index in [1.165, 1.54) is 64.5 Å². The Bertz CT molecular complexity index is 217. The van der Waals surface area contributed by atoms with E-state index in [9.17, 15) is 0 Å². The maximum absolute atomic E-state index is 3.82. The zero-order valence-corrected chi connectivity index (χ0v) is 13.8. The molecule has 0 bridgehead atoms. The van der Waals surface area contributed by atoms with Crippen LogP contribution in [-0.4, -0.2) is 36.1 Å². The normalized spacial score (nSPS) is 24.3. The van der Waals surface area contributed by atoms with Crippen molar-refractivity contribution in [2.24, 2.45) is 0 Å². The average Bonchev–Trinajstić information content (AvgIpc) is 2.46. The molecule has 0 aromatic carbocycles. The lowest BCUT2D eigenvalue weighted by Crippen LogP contribution is -2.55. The number of hydrogen-bond acceptors (Lipinski definition) is 2. The summed E-state index contributed by atoms with van der Waals surface area (Å²) in [7, 11) is 0. The molecule has 1 saturated heterocycles. The molecule has 19 heavy (non-hydrogen) atoms. The molecule has 3 atom stereocenters. The van der Waals surface area contributed by atoms with Crippen molar-refractivity contribution in [3.05, 3.63) is 0 Å². The molecule has 0 aromatic rings. The van der Waals surface area contributed by atoms with Gasteiger partial charge in [-0.05, 0) is 51.6 Å².